The highest BCUT2D eigenvalue weighted by molar-refractivity contribution is 5.83. The van der Waals surface area contributed by atoms with Crippen LogP contribution in [0.25, 0.3) is 0 Å². The fourth-order valence-electron chi connectivity index (χ4n) is 1.26. The van der Waals surface area contributed by atoms with Crippen molar-refractivity contribution in [3.05, 3.63) is 0 Å². The van der Waals surface area contributed by atoms with Crippen molar-refractivity contribution in [2.75, 3.05) is 20.1 Å². The second kappa shape index (κ2) is 4.45. The van der Waals surface area contributed by atoms with Crippen LogP contribution in [-0.2, 0) is 0 Å². The highest BCUT2D eigenvalue weighted by atomic mass is 15.5. The number of nitrogens with zero attached hydrogens (tertiary/aromatic N) is 2. The third-order valence-corrected chi connectivity index (χ3v) is 2.04. The summed E-state index contributed by atoms with van der Waals surface area (Å²) in [4.78, 5) is 4.50. The van der Waals surface area contributed by atoms with Crippen LogP contribution in [-0.4, -0.2) is 31.0 Å². The number of aliphatic imine (C=N–C) groups is 1. The molecular formula is C9H19N3. The summed E-state index contributed by atoms with van der Waals surface area (Å²) in [5.74, 6) is 1.63. The van der Waals surface area contributed by atoms with E-state index in [9.17, 15) is 0 Å². The number of rotatable bonds is 1. The van der Waals surface area contributed by atoms with Crippen LogP contribution in [0.4, 0.5) is 0 Å². The minimum Gasteiger partial charge on any atom is -0.307 e. The Morgan fingerprint density at radius 2 is 2.17 bits per heavy atom. The van der Waals surface area contributed by atoms with Crippen LogP contribution >= 0.6 is 0 Å². The lowest BCUT2D eigenvalue weighted by Gasteiger charge is -2.24. The van der Waals surface area contributed by atoms with Gasteiger partial charge in [-0.15, -0.1) is 0 Å². The predicted octanol–water partition coefficient (Wildman–Crippen LogP) is 1.27. The molecule has 0 saturated heterocycles. The Bertz CT molecular complexity index is 163. The smallest absolute Gasteiger partial charge is 0.113 e. The molecule has 1 rings (SSSR count). The quantitative estimate of drug-likeness (QED) is 0.640. The van der Waals surface area contributed by atoms with Gasteiger partial charge in [-0.25, -0.2) is 5.01 Å². The van der Waals surface area contributed by atoms with E-state index >= 15 is 0 Å². The summed E-state index contributed by atoms with van der Waals surface area (Å²) < 4.78 is 0. The molecule has 0 aromatic heterocycles. The van der Waals surface area contributed by atoms with E-state index in [0.29, 0.717) is 5.92 Å². The van der Waals surface area contributed by atoms with E-state index in [1.807, 2.05) is 0 Å². The van der Waals surface area contributed by atoms with Crippen molar-refractivity contribution < 1.29 is 0 Å². The molecule has 0 radical (unpaired) electrons. The van der Waals surface area contributed by atoms with E-state index in [0.717, 1.165) is 18.9 Å². The number of nitrogens with one attached hydrogen (secondary N) is 1. The molecule has 12 heavy (non-hydrogen) atoms. The summed E-state index contributed by atoms with van der Waals surface area (Å²) in [6.45, 7) is 6.43. The van der Waals surface area contributed by atoms with Crippen molar-refractivity contribution in [1.29, 1.82) is 0 Å². The van der Waals surface area contributed by atoms with Gasteiger partial charge < -0.3 is 5.43 Å². The molecule has 0 atom stereocenters. The molecule has 0 spiro atoms. The van der Waals surface area contributed by atoms with Gasteiger partial charge in [0.25, 0.3) is 0 Å². The van der Waals surface area contributed by atoms with Gasteiger partial charge in [-0.1, -0.05) is 13.8 Å². The van der Waals surface area contributed by atoms with E-state index < -0.39 is 0 Å². The molecule has 0 saturated carbocycles. The van der Waals surface area contributed by atoms with Crippen LogP contribution in [0.1, 0.15) is 26.7 Å². The maximum absolute atomic E-state index is 4.50. The molecule has 1 N–H and O–H groups in total. The van der Waals surface area contributed by atoms with Crippen LogP contribution in [0.15, 0.2) is 4.99 Å². The summed E-state index contributed by atoms with van der Waals surface area (Å²) >= 11 is 0. The molecule has 0 unspecified atom stereocenters. The minimum atomic E-state index is 0.505. The third kappa shape index (κ3) is 2.81. The lowest BCUT2D eigenvalue weighted by molar-refractivity contribution is 0.276. The van der Waals surface area contributed by atoms with Gasteiger partial charge in [-0.05, 0) is 12.8 Å². The second-order valence-corrected chi connectivity index (χ2v) is 3.66. The standard InChI is InChI=1S/C9H19N3/c1-8(2)9-10-6-4-5-7-12(3)11-9/h8H,4-7H2,1-3H3,(H,10,11). The van der Waals surface area contributed by atoms with Crippen molar-refractivity contribution in [2.45, 2.75) is 26.7 Å². The first-order valence-electron chi connectivity index (χ1n) is 4.72. The fourth-order valence-corrected chi connectivity index (χ4v) is 1.26. The van der Waals surface area contributed by atoms with Gasteiger partial charge in [0.2, 0.25) is 0 Å². The van der Waals surface area contributed by atoms with Crippen molar-refractivity contribution in [1.82, 2.24) is 10.4 Å². The Labute approximate surface area is 74.8 Å². The van der Waals surface area contributed by atoms with Crippen LogP contribution in [0.5, 0.6) is 0 Å². The summed E-state index contributed by atoms with van der Waals surface area (Å²) in [5.41, 5.74) is 3.30. The summed E-state index contributed by atoms with van der Waals surface area (Å²) in [6.07, 6.45) is 2.45. The number of hydrogen-bond acceptors (Lipinski definition) is 3. The van der Waals surface area contributed by atoms with E-state index in [-0.39, 0.29) is 0 Å². The molecule has 3 nitrogen and oxygen atoms in total. The van der Waals surface area contributed by atoms with Gasteiger partial charge in [0.1, 0.15) is 5.84 Å². The van der Waals surface area contributed by atoms with E-state index in [2.05, 4.69) is 36.3 Å². The van der Waals surface area contributed by atoms with Gasteiger partial charge in [-0.2, -0.15) is 0 Å². The van der Waals surface area contributed by atoms with Gasteiger partial charge >= 0.3 is 0 Å². The Hall–Kier alpha value is -0.570. The molecule has 1 aliphatic heterocycles. The average Bonchev–Trinajstić information content (AvgIpc) is 1.95. The Kier molecular flexibility index (Phi) is 3.53. The monoisotopic (exact) mass is 169 g/mol. The molecule has 0 bridgehead atoms. The molecule has 0 aliphatic carbocycles. The van der Waals surface area contributed by atoms with E-state index in [4.69, 9.17) is 0 Å². The molecule has 0 fully saturated rings. The first-order chi connectivity index (χ1) is 5.70. The first-order valence-corrected chi connectivity index (χ1v) is 4.72. The first kappa shape index (κ1) is 9.52. The fraction of sp³-hybridized carbons (Fsp3) is 0.889. The second-order valence-electron chi connectivity index (χ2n) is 3.66. The van der Waals surface area contributed by atoms with Gasteiger partial charge in [0.15, 0.2) is 0 Å². The molecule has 0 aromatic carbocycles. The average molecular weight is 169 g/mol. The van der Waals surface area contributed by atoms with E-state index in [1.54, 1.807) is 0 Å². The SMILES string of the molecule is CC(C)C1=NCCCCN(C)N1. The zero-order valence-electron chi connectivity index (χ0n) is 8.30. The summed E-state index contributed by atoms with van der Waals surface area (Å²) in [7, 11) is 2.07. The van der Waals surface area contributed by atoms with Crippen molar-refractivity contribution in [2.24, 2.45) is 10.9 Å². The van der Waals surface area contributed by atoms with Crippen LogP contribution in [0.2, 0.25) is 0 Å². The minimum absolute atomic E-state index is 0.505. The van der Waals surface area contributed by atoms with Gasteiger partial charge in [-0.3, -0.25) is 4.99 Å². The lowest BCUT2D eigenvalue weighted by atomic mass is 10.2. The van der Waals surface area contributed by atoms with Crippen molar-refractivity contribution in [3.63, 3.8) is 0 Å². The Morgan fingerprint density at radius 1 is 1.42 bits per heavy atom. The van der Waals surface area contributed by atoms with Crippen molar-refractivity contribution in [3.8, 4) is 0 Å². The molecule has 0 amide bonds. The summed E-state index contributed by atoms with van der Waals surface area (Å²) in [5, 5.41) is 2.12. The molecule has 1 heterocycles. The number of hydrogen-bond donors (Lipinski definition) is 1. The number of amidine groups is 1. The number of hydrazine groups is 1. The maximum Gasteiger partial charge on any atom is 0.113 e. The van der Waals surface area contributed by atoms with Gasteiger partial charge in [0, 0.05) is 26.1 Å². The normalized spacial score (nSPS) is 21.2. The molecular weight excluding hydrogens is 150 g/mol. The third-order valence-electron chi connectivity index (χ3n) is 2.04. The van der Waals surface area contributed by atoms with E-state index in [1.165, 1.54) is 12.8 Å². The highest BCUT2D eigenvalue weighted by Gasteiger charge is 2.08. The predicted molar refractivity (Wildman–Crippen MR) is 52.1 cm³/mol. The molecule has 1 aliphatic rings. The van der Waals surface area contributed by atoms with Crippen LogP contribution < -0.4 is 5.43 Å². The van der Waals surface area contributed by atoms with Gasteiger partial charge in [0.05, 0.1) is 0 Å². The maximum atomic E-state index is 4.50. The molecule has 3 heteroatoms. The van der Waals surface area contributed by atoms with Crippen LogP contribution in [0.3, 0.4) is 0 Å². The lowest BCUT2D eigenvalue weighted by Crippen LogP contribution is -2.43. The Balaban J connectivity index is 2.55. The largest absolute Gasteiger partial charge is 0.307 e. The van der Waals surface area contributed by atoms with Crippen LogP contribution in [0, 0.1) is 5.92 Å². The Morgan fingerprint density at radius 3 is 2.83 bits per heavy atom. The summed E-state index contributed by atoms with van der Waals surface area (Å²) in [6, 6.07) is 0. The zero-order chi connectivity index (χ0) is 8.97. The highest BCUT2D eigenvalue weighted by Crippen LogP contribution is 2.01. The van der Waals surface area contributed by atoms with Crippen molar-refractivity contribution >= 4 is 5.84 Å². The molecule has 0 aromatic rings. The topological polar surface area (TPSA) is 27.6 Å². The molecule has 70 valence electrons. The zero-order valence-corrected chi connectivity index (χ0v) is 8.30.